The predicted octanol–water partition coefficient (Wildman–Crippen LogP) is 4.44. The van der Waals surface area contributed by atoms with E-state index in [9.17, 15) is 4.21 Å². The first-order valence-electron chi connectivity index (χ1n) is 9.02. The molecule has 140 valence electrons. The molecule has 0 aliphatic heterocycles. The second kappa shape index (κ2) is 9.44. The van der Waals surface area contributed by atoms with Gasteiger partial charge in [0.05, 0.1) is 11.5 Å². The molecular weight excluding hydrogens is 356 g/mol. The molecule has 0 aliphatic carbocycles. The van der Waals surface area contributed by atoms with E-state index in [1.54, 1.807) is 12.3 Å². The molecule has 2 N–H and O–H groups in total. The van der Waals surface area contributed by atoms with Crippen molar-refractivity contribution in [1.29, 1.82) is 0 Å². The summed E-state index contributed by atoms with van der Waals surface area (Å²) >= 11 is 0. The van der Waals surface area contributed by atoms with Crippen LogP contribution in [0.2, 0.25) is 0 Å². The van der Waals surface area contributed by atoms with Gasteiger partial charge in [-0.25, -0.2) is 9.35 Å². The summed E-state index contributed by atoms with van der Waals surface area (Å²) in [6.45, 7) is 2.73. The Morgan fingerprint density at radius 3 is 2.59 bits per heavy atom. The van der Waals surface area contributed by atoms with Crippen LogP contribution in [0.3, 0.4) is 0 Å². The minimum atomic E-state index is -1.47. The van der Waals surface area contributed by atoms with Gasteiger partial charge in [-0.2, -0.15) is 0 Å². The molecule has 0 saturated heterocycles. The lowest BCUT2D eigenvalue weighted by atomic mass is 10.0. The number of rotatable bonds is 8. The van der Waals surface area contributed by atoms with Gasteiger partial charge in [0, 0.05) is 12.4 Å². The third-order valence-corrected chi connectivity index (χ3v) is 5.18. The van der Waals surface area contributed by atoms with Crippen molar-refractivity contribution in [3.05, 3.63) is 78.1 Å². The molecule has 5 heteroatoms. The molecule has 27 heavy (non-hydrogen) atoms. The van der Waals surface area contributed by atoms with Gasteiger partial charge < -0.3 is 4.74 Å². The maximum absolute atomic E-state index is 11.5. The van der Waals surface area contributed by atoms with Crippen LogP contribution >= 0.6 is 0 Å². The van der Waals surface area contributed by atoms with E-state index in [0.29, 0.717) is 11.5 Å². The van der Waals surface area contributed by atoms with Crippen molar-refractivity contribution in [2.75, 3.05) is 6.61 Å². The number of ether oxygens (including phenoxy) is 1. The van der Waals surface area contributed by atoms with E-state index < -0.39 is 11.0 Å². The zero-order chi connectivity index (χ0) is 19.1. The highest BCUT2D eigenvalue weighted by Gasteiger charge is 2.06. The Morgan fingerprint density at radius 2 is 1.89 bits per heavy atom. The van der Waals surface area contributed by atoms with E-state index in [4.69, 9.17) is 9.88 Å². The topological polar surface area (TPSA) is 65.2 Å². The highest BCUT2D eigenvalue weighted by Crippen LogP contribution is 2.27. The van der Waals surface area contributed by atoms with Crippen LogP contribution < -0.4 is 9.88 Å². The van der Waals surface area contributed by atoms with Crippen molar-refractivity contribution in [1.82, 2.24) is 4.98 Å². The summed E-state index contributed by atoms with van der Waals surface area (Å²) in [6.07, 6.45) is 6.81. The summed E-state index contributed by atoms with van der Waals surface area (Å²) in [6, 6.07) is 17.7. The van der Waals surface area contributed by atoms with Crippen LogP contribution in [0.1, 0.15) is 24.0 Å². The van der Waals surface area contributed by atoms with Crippen LogP contribution in [0.5, 0.6) is 5.75 Å². The molecule has 1 unspecified atom stereocenters. The van der Waals surface area contributed by atoms with Gasteiger partial charge in [-0.15, -0.1) is 0 Å². The van der Waals surface area contributed by atoms with Gasteiger partial charge in [0.25, 0.3) is 0 Å². The van der Waals surface area contributed by atoms with Crippen LogP contribution in [0.4, 0.5) is 0 Å². The Balaban J connectivity index is 1.53. The minimum Gasteiger partial charge on any atom is -0.494 e. The molecule has 2 aromatic carbocycles. The van der Waals surface area contributed by atoms with Gasteiger partial charge in [-0.3, -0.25) is 4.98 Å². The van der Waals surface area contributed by atoms with E-state index >= 15 is 0 Å². The molecule has 1 atom stereocenters. The van der Waals surface area contributed by atoms with Crippen LogP contribution in [-0.2, 0) is 17.4 Å². The van der Waals surface area contributed by atoms with E-state index in [2.05, 4.69) is 11.1 Å². The maximum atomic E-state index is 11.5. The van der Waals surface area contributed by atoms with Gasteiger partial charge >= 0.3 is 0 Å². The number of pyridine rings is 1. The molecule has 4 nitrogen and oxygen atoms in total. The Hall–Kier alpha value is -2.50. The smallest absolute Gasteiger partial charge is 0.122 e. The molecule has 3 aromatic rings. The Kier molecular flexibility index (Phi) is 6.74. The lowest BCUT2D eigenvalue weighted by Crippen LogP contribution is -2.03. The Labute approximate surface area is 163 Å². The van der Waals surface area contributed by atoms with Crippen LogP contribution in [0.25, 0.3) is 11.1 Å². The third kappa shape index (κ3) is 5.49. The summed E-state index contributed by atoms with van der Waals surface area (Å²) in [7, 11) is -1.47. The van der Waals surface area contributed by atoms with E-state index in [0.717, 1.165) is 41.7 Å². The summed E-state index contributed by atoms with van der Waals surface area (Å²) < 4.78 is 17.4. The van der Waals surface area contributed by atoms with Gasteiger partial charge in [-0.05, 0) is 78.8 Å². The summed E-state index contributed by atoms with van der Waals surface area (Å²) in [4.78, 5) is 4.76. The highest BCUT2D eigenvalue weighted by atomic mass is 32.2. The maximum Gasteiger partial charge on any atom is 0.122 e. The largest absolute Gasteiger partial charge is 0.494 e. The average Bonchev–Trinajstić information content (AvgIpc) is 2.69. The summed E-state index contributed by atoms with van der Waals surface area (Å²) in [5.74, 6) is 0.858. The number of hydrogen-bond acceptors (Lipinski definition) is 3. The van der Waals surface area contributed by atoms with Crippen molar-refractivity contribution in [2.24, 2.45) is 5.14 Å². The molecular formula is C22H24N2O2S. The number of aryl methyl sites for hydroxylation is 2. The Morgan fingerprint density at radius 1 is 1.07 bits per heavy atom. The van der Waals surface area contributed by atoms with E-state index in [1.807, 2.05) is 55.6 Å². The second-order valence-corrected chi connectivity index (χ2v) is 7.53. The first-order chi connectivity index (χ1) is 13.1. The normalized spacial score (nSPS) is 11.9. The number of hydrogen-bond donors (Lipinski definition) is 1. The minimum absolute atomic E-state index is 0.629. The van der Waals surface area contributed by atoms with Crippen molar-refractivity contribution >= 4 is 11.0 Å². The SMILES string of the molecule is Cc1ccc(S(N)=O)cc1-c1ccc(OCCCCc2cccnc2)cc1. The fourth-order valence-electron chi connectivity index (χ4n) is 2.94. The number of unbranched alkanes of at least 4 members (excludes halogenated alkanes) is 1. The monoisotopic (exact) mass is 380 g/mol. The van der Waals surface area contributed by atoms with Crippen molar-refractivity contribution in [3.8, 4) is 16.9 Å². The fourth-order valence-corrected chi connectivity index (χ4v) is 3.37. The van der Waals surface area contributed by atoms with Gasteiger partial charge in [0.2, 0.25) is 0 Å². The van der Waals surface area contributed by atoms with Crippen molar-refractivity contribution in [2.45, 2.75) is 31.1 Å². The van der Waals surface area contributed by atoms with E-state index in [-0.39, 0.29) is 0 Å². The molecule has 0 radical (unpaired) electrons. The molecule has 0 aliphatic rings. The predicted molar refractivity (Wildman–Crippen MR) is 110 cm³/mol. The first kappa shape index (κ1) is 19.3. The van der Waals surface area contributed by atoms with Crippen molar-refractivity contribution in [3.63, 3.8) is 0 Å². The number of aromatic nitrogens is 1. The van der Waals surface area contributed by atoms with E-state index in [1.165, 1.54) is 5.56 Å². The number of nitrogens with two attached hydrogens (primary N) is 1. The van der Waals surface area contributed by atoms with Crippen molar-refractivity contribution < 1.29 is 8.95 Å². The molecule has 0 bridgehead atoms. The molecule has 0 spiro atoms. The molecule has 0 amide bonds. The van der Waals surface area contributed by atoms with Crippen LogP contribution in [-0.4, -0.2) is 15.8 Å². The van der Waals surface area contributed by atoms with Gasteiger partial charge in [-0.1, -0.05) is 24.3 Å². The summed E-state index contributed by atoms with van der Waals surface area (Å²) in [5, 5.41) is 5.50. The zero-order valence-corrected chi connectivity index (χ0v) is 16.2. The highest BCUT2D eigenvalue weighted by molar-refractivity contribution is 7.82. The third-order valence-electron chi connectivity index (χ3n) is 4.46. The van der Waals surface area contributed by atoms with Gasteiger partial charge in [0.1, 0.15) is 16.7 Å². The lowest BCUT2D eigenvalue weighted by Gasteiger charge is -2.10. The van der Waals surface area contributed by atoms with Gasteiger partial charge in [0.15, 0.2) is 0 Å². The second-order valence-electron chi connectivity index (χ2n) is 6.47. The number of nitrogens with zero attached hydrogens (tertiary/aromatic N) is 1. The average molecular weight is 381 g/mol. The molecule has 0 saturated carbocycles. The molecule has 1 aromatic heterocycles. The molecule has 1 heterocycles. The lowest BCUT2D eigenvalue weighted by molar-refractivity contribution is 0.307. The number of benzene rings is 2. The fraction of sp³-hybridized carbons (Fsp3) is 0.227. The Bertz CT molecular complexity index is 896. The summed E-state index contributed by atoms with van der Waals surface area (Å²) in [5.41, 5.74) is 4.48. The zero-order valence-electron chi connectivity index (χ0n) is 15.4. The van der Waals surface area contributed by atoms with Crippen LogP contribution in [0, 0.1) is 6.92 Å². The quantitative estimate of drug-likeness (QED) is 0.588. The molecule has 0 fully saturated rings. The first-order valence-corrected chi connectivity index (χ1v) is 10.2. The molecule has 3 rings (SSSR count). The standard InChI is InChI=1S/C22H24N2O2S/c1-17-7-12-21(27(23)25)15-22(17)19-8-10-20(11-9-19)26-14-3-2-5-18-6-4-13-24-16-18/h4,6-13,15-16H,2-3,5,14,23H2,1H3. The van der Waals surface area contributed by atoms with Crippen LogP contribution in [0.15, 0.2) is 71.9 Å².